The van der Waals surface area contributed by atoms with Crippen molar-refractivity contribution >= 4 is 40.3 Å². The van der Waals surface area contributed by atoms with Crippen molar-refractivity contribution in [3.05, 3.63) is 58.5 Å². The summed E-state index contributed by atoms with van der Waals surface area (Å²) < 4.78 is 17.6. The van der Waals surface area contributed by atoms with Crippen molar-refractivity contribution in [2.24, 2.45) is 0 Å². The van der Waals surface area contributed by atoms with Crippen LogP contribution in [0.15, 0.2) is 47.4 Å². The molecule has 0 aromatic heterocycles. The zero-order valence-electron chi connectivity index (χ0n) is 18.0. The average molecular weight is 458 g/mol. The molecule has 0 aliphatic carbocycles. The van der Waals surface area contributed by atoms with E-state index in [2.05, 4.69) is 31.3 Å². The van der Waals surface area contributed by atoms with Gasteiger partial charge in [-0.1, -0.05) is 56.0 Å². The van der Waals surface area contributed by atoms with E-state index in [-0.39, 0.29) is 5.91 Å². The molecule has 0 radical (unpaired) electrons. The van der Waals surface area contributed by atoms with Crippen molar-refractivity contribution in [1.29, 1.82) is 0 Å². The number of methoxy groups -OCH3 is 1. The fourth-order valence-corrected chi connectivity index (χ4v) is 4.07. The summed E-state index contributed by atoms with van der Waals surface area (Å²) in [6.45, 7) is 5.50. The first-order valence-corrected chi connectivity index (χ1v) is 11.5. The lowest BCUT2D eigenvalue weighted by Crippen LogP contribution is -2.17. The maximum Gasteiger partial charge on any atom is 0.263 e. The number of thiocarbonyl (C=S) groups is 1. The van der Waals surface area contributed by atoms with Gasteiger partial charge in [0.05, 0.1) is 25.2 Å². The molecule has 164 valence electrons. The quantitative estimate of drug-likeness (QED) is 0.287. The fraction of sp³-hybridized carbons (Fsp3) is 0.333. The molecule has 1 fully saturated rings. The Balaban J connectivity index is 1.48. The van der Waals surface area contributed by atoms with Crippen LogP contribution in [0.25, 0.3) is 6.08 Å². The van der Waals surface area contributed by atoms with Gasteiger partial charge in [-0.3, -0.25) is 4.79 Å². The highest BCUT2D eigenvalue weighted by molar-refractivity contribution is 8.26. The summed E-state index contributed by atoms with van der Waals surface area (Å²) in [4.78, 5) is 12.4. The topological polar surface area (TPSA) is 56.8 Å². The van der Waals surface area contributed by atoms with E-state index < -0.39 is 0 Å². The van der Waals surface area contributed by atoms with Gasteiger partial charge in [-0.05, 0) is 53.8 Å². The van der Waals surface area contributed by atoms with E-state index in [1.165, 1.54) is 17.3 Å². The summed E-state index contributed by atoms with van der Waals surface area (Å²) in [6, 6.07) is 13.9. The van der Waals surface area contributed by atoms with Gasteiger partial charge in [-0.15, -0.1) is 0 Å². The molecule has 2 aromatic carbocycles. The van der Waals surface area contributed by atoms with E-state index in [1.807, 2.05) is 30.3 Å². The molecule has 2 aromatic rings. The summed E-state index contributed by atoms with van der Waals surface area (Å²) >= 11 is 6.27. The standard InChI is InChI=1S/C24H27NO4S2/c1-4-16(2)18-7-9-19(10-8-18)28-12-5-13-29-20-11-6-17(14-21(20)27-3)15-22-23(26)25-24(30)31-22/h6-11,14-16H,4-5,12-13H2,1-3H3,(H,25,26,30)/b22-15+. The van der Waals surface area contributed by atoms with Crippen molar-refractivity contribution in [2.45, 2.75) is 32.6 Å². The predicted molar refractivity (Wildman–Crippen MR) is 130 cm³/mol. The highest BCUT2D eigenvalue weighted by atomic mass is 32.2. The monoisotopic (exact) mass is 457 g/mol. The van der Waals surface area contributed by atoms with Gasteiger partial charge in [-0.25, -0.2) is 0 Å². The highest BCUT2D eigenvalue weighted by Gasteiger charge is 2.22. The van der Waals surface area contributed by atoms with Crippen molar-refractivity contribution in [3.8, 4) is 17.2 Å². The lowest BCUT2D eigenvalue weighted by atomic mass is 9.99. The Kier molecular flexibility index (Phi) is 8.37. The van der Waals surface area contributed by atoms with Crippen molar-refractivity contribution in [1.82, 2.24) is 5.32 Å². The predicted octanol–water partition coefficient (Wildman–Crippen LogP) is 5.55. The van der Waals surface area contributed by atoms with Gasteiger partial charge in [0.2, 0.25) is 0 Å². The molecule has 1 unspecified atom stereocenters. The van der Waals surface area contributed by atoms with Crippen LogP contribution in [0.3, 0.4) is 0 Å². The van der Waals surface area contributed by atoms with Crippen LogP contribution in [0.4, 0.5) is 0 Å². The largest absolute Gasteiger partial charge is 0.493 e. The highest BCUT2D eigenvalue weighted by Crippen LogP contribution is 2.31. The van der Waals surface area contributed by atoms with Crippen LogP contribution in [0.1, 0.15) is 43.7 Å². The van der Waals surface area contributed by atoms with Gasteiger partial charge in [0.15, 0.2) is 11.5 Å². The molecule has 1 saturated heterocycles. The molecule has 1 amide bonds. The van der Waals surface area contributed by atoms with E-state index >= 15 is 0 Å². The molecule has 1 aliphatic rings. The molecular weight excluding hydrogens is 430 g/mol. The lowest BCUT2D eigenvalue weighted by Gasteiger charge is -2.13. The van der Waals surface area contributed by atoms with Crippen LogP contribution in [0, 0.1) is 0 Å². The fourth-order valence-electron chi connectivity index (χ4n) is 3.02. The number of thioether (sulfide) groups is 1. The van der Waals surface area contributed by atoms with Gasteiger partial charge in [0.1, 0.15) is 10.1 Å². The van der Waals surface area contributed by atoms with Crippen LogP contribution in [0.2, 0.25) is 0 Å². The molecule has 0 spiro atoms. The molecule has 0 saturated carbocycles. The average Bonchev–Trinajstić information content (AvgIpc) is 3.10. The SMILES string of the molecule is CCC(C)c1ccc(OCCCOc2ccc(/C=C3/SC(=S)NC3=O)cc2OC)cc1. The third-order valence-corrected chi connectivity index (χ3v) is 6.17. The Bertz CT molecular complexity index is 957. The number of hydrogen-bond acceptors (Lipinski definition) is 6. The normalized spacial score (nSPS) is 15.6. The molecule has 1 aliphatic heterocycles. The smallest absolute Gasteiger partial charge is 0.263 e. The van der Waals surface area contributed by atoms with Gasteiger partial charge in [-0.2, -0.15) is 0 Å². The number of ether oxygens (including phenoxy) is 3. The summed E-state index contributed by atoms with van der Waals surface area (Å²) in [5.74, 6) is 2.52. The van der Waals surface area contributed by atoms with E-state index in [0.29, 0.717) is 39.9 Å². The van der Waals surface area contributed by atoms with Crippen LogP contribution in [-0.2, 0) is 4.79 Å². The summed E-state index contributed by atoms with van der Waals surface area (Å²) in [5, 5.41) is 2.61. The maximum absolute atomic E-state index is 11.8. The van der Waals surface area contributed by atoms with Gasteiger partial charge in [0.25, 0.3) is 5.91 Å². The first-order chi connectivity index (χ1) is 15.0. The van der Waals surface area contributed by atoms with E-state index in [1.54, 1.807) is 13.2 Å². The number of amides is 1. The molecule has 1 heterocycles. The molecular formula is C24H27NO4S2. The second-order valence-corrected chi connectivity index (χ2v) is 8.91. The Morgan fingerprint density at radius 1 is 1.10 bits per heavy atom. The van der Waals surface area contributed by atoms with Crippen LogP contribution >= 0.6 is 24.0 Å². The van der Waals surface area contributed by atoms with E-state index in [4.69, 9.17) is 26.4 Å². The van der Waals surface area contributed by atoms with Crippen LogP contribution in [0.5, 0.6) is 17.2 Å². The number of carbonyl (C=O) groups is 1. The van der Waals surface area contributed by atoms with Gasteiger partial charge < -0.3 is 19.5 Å². The summed E-state index contributed by atoms with van der Waals surface area (Å²) in [7, 11) is 1.59. The minimum Gasteiger partial charge on any atom is -0.493 e. The third-order valence-electron chi connectivity index (χ3n) is 5.00. The Hall–Kier alpha value is -2.51. The summed E-state index contributed by atoms with van der Waals surface area (Å²) in [5.41, 5.74) is 2.18. The zero-order valence-corrected chi connectivity index (χ0v) is 19.6. The first kappa shape index (κ1) is 23.2. The zero-order chi connectivity index (χ0) is 22.2. The second-order valence-electron chi connectivity index (χ2n) is 7.19. The van der Waals surface area contributed by atoms with Crippen molar-refractivity contribution < 1.29 is 19.0 Å². The van der Waals surface area contributed by atoms with Crippen LogP contribution < -0.4 is 19.5 Å². The number of nitrogens with one attached hydrogen (secondary N) is 1. The number of benzene rings is 2. The van der Waals surface area contributed by atoms with Crippen LogP contribution in [-0.4, -0.2) is 30.6 Å². The molecule has 1 N–H and O–H groups in total. The summed E-state index contributed by atoms with van der Waals surface area (Å²) in [6.07, 6.45) is 3.66. The van der Waals surface area contributed by atoms with Crippen molar-refractivity contribution in [3.63, 3.8) is 0 Å². The maximum atomic E-state index is 11.8. The van der Waals surface area contributed by atoms with E-state index in [0.717, 1.165) is 24.2 Å². The Morgan fingerprint density at radius 3 is 2.48 bits per heavy atom. The van der Waals surface area contributed by atoms with Gasteiger partial charge in [0, 0.05) is 6.42 Å². The minimum absolute atomic E-state index is 0.177. The molecule has 0 bridgehead atoms. The van der Waals surface area contributed by atoms with Gasteiger partial charge >= 0.3 is 0 Å². The number of carbonyl (C=O) groups excluding carboxylic acids is 1. The molecule has 1 atom stereocenters. The van der Waals surface area contributed by atoms with Crippen molar-refractivity contribution in [2.75, 3.05) is 20.3 Å². The first-order valence-electron chi connectivity index (χ1n) is 10.3. The molecule has 7 heteroatoms. The Labute approximate surface area is 193 Å². The molecule has 31 heavy (non-hydrogen) atoms. The molecule has 5 nitrogen and oxygen atoms in total. The second kappa shape index (κ2) is 11.2. The number of hydrogen-bond donors (Lipinski definition) is 1. The lowest BCUT2D eigenvalue weighted by molar-refractivity contribution is -0.115. The Morgan fingerprint density at radius 2 is 1.84 bits per heavy atom. The van der Waals surface area contributed by atoms with E-state index in [9.17, 15) is 4.79 Å². The third kappa shape index (κ3) is 6.48. The number of rotatable bonds is 10. The molecule has 3 rings (SSSR count). The minimum atomic E-state index is -0.177.